The van der Waals surface area contributed by atoms with Crippen LogP contribution in [0.5, 0.6) is 5.75 Å². The first-order valence-electron chi connectivity index (χ1n) is 11.0. The molecule has 1 N–H and O–H groups in total. The van der Waals surface area contributed by atoms with Gasteiger partial charge in [-0.25, -0.2) is 4.98 Å². The summed E-state index contributed by atoms with van der Waals surface area (Å²) in [4.78, 5) is 22.3. The molecule has 4 heterocycles. The Morgan fingerprint density at radius 1 is 1.09 bits per heavy atom. The Labute approximate surface area is 190 Å². The second-order valence-corrected chi connectivity index (χ2v) is 8.64. The van der Waals surface area contributed by atoms with Crippen LogP contribution in [0.1, 0.15) is 22.5 Å². The number of fused-ring (bicyclic) bond motifs is 6. The number of pyridine rings is 2. The molecule has 0 saturated heterocycles. The molecule has 1 aliphatic carbocycles. The van der Waals surface area contributed by atoms with E-state index in [0.29, 0.717) is 47.1 Å². The van der Waals surface area contributed by atoms with E-state index in [9.17, 15) is 4.79 Å². The first-order valence-corrected chi connectivity index (χ1v) is 11.0. The minimum atomic E-state index is -0.276. The molecular formula is C25H22N6O2. The van der Waals surface area contributed by atoms with Crippen molar-refractivity contribution in [2.24, 2.45) is 11.8 Å². The van der Waals surface area contributed by atoms with Crippen molar-refractivity contribution in [3.63, 3.8) is 0 Å². The fourth-order valence-electron chi connectivity index (χ4n) is 4.24. The monoisotopic (exact) mass is 438 g/mol. The number of carbonyl (C=O) groups is 1. The standard InChI is InChI=1S/C25H22N6O2/c1-15-5-6-17(11-26-15)16-7-8-22-20(10-16)25(32)29-23-4-2-3-21(28-23)24-30-27-14-31(24)12-18-9-19(18)13-33-22/h2-8,10-11,14,18-19H,9,12-13H2,1H3,(H,28,29,32). The van der Waals surface area contributed by atoms with E-state index in [4.69, 9.17) is 4.74 Å². The van der Waals surface area contributed by atoms with Crippen molar-refractivity contribution in [1.29, 1.82) is 0 Å². The first kappa shape index (κ1) is 19.6. The lowest BCUT2D eigenvalue weighted by molar-refractivity contribution is 0.102. The molecule has 8 nitrogen and oxygen atoms in total. The molecule has 1 amide bonds. The number of nitrogens with one attached hydrogen (secondary N) is 1. The number of nitrogens with zero attached hydrogens (tertiary/aromatic N) is 5. The summed E-state index contributed by atoms with van der Waals surface area (Å²) >= 11 is 0. The van der Waals surface area contributed by atoms with E-state index in [-0.39, 0.29) is 5.91 Å². The maximum Gasteiger partial charge on any atom is 0.260 e. The number of rotatable bonds is 1. The number of benzene rings is 1. The summed E-state index contributed by atoms with van der Waals surface area (Å²) in [7, 11) is 0. The second kappa shape index (κ2) is 7.81. The predicted molar refractivity (Wildman–Crippen MR) is 123 cm³/mol. The fraction of sp³-hybridized carbons (Fsp3) is 0.240. The van der Waals surface area contributed by atoms with E-state index < -0.39 is 0 Å². The summed E-state index contributed by atoms with van der Waals surface area (Å²) in [5.74, 6) is 2.36. The van der Waals surface area contributed by atoms with Crippen molar-refractivity contribution in [3.05, 3.63) is 72.3 Å². The van der Waals surface area contributed by atoms with Gasteiger partial charge in [-0.15, -0.1) is 10.2 Å². The lowest BCUT2D eigenvalue weighted by Crippen LogP contribution is -2.16. The molecule has 1 saturated carbocycles. The molecule has 2 atom stereocenters. The molecule has 164 valence electrons. The zero-order valence-electron chi connectivity index (χ0n) is 18.1. The molecule has 1 aliphatic heterocycles. The second-order valence-electron chi connectivity index (χ2n) is 8.64. The molecule has 0 spiro atoms. The van der Waals surface area contributed by atoms with E-state index in [2.05, 4.69) is 25.5 Å². The average Bonchev–Trinajstić information content (AvgIpc) is 3.40. The third kappa shape index (κ3) is 3.84. The van der Waals surface area contributed by atoms with Gasteiger partial charge in [0.15, 0.2) is 5.82 Å². The highest BCUT2D eigenvalue weighted by atomic mass is 16.5. The van der Waals surface area contributed by atoms with Gasteiger partial charge in [0.2, 0.25) is 0 Å². The molecule has 0 radical (unpaired) electrons. The Kier molecular flexibility index (Phi) is 4.64. The number of anilines is 1. The van der Waals surface area contributed by atoms with Gasteiger partial charge in [0.1, 0.15) is 23.6 Å². The number of aromatic nitrogens is 5. The van der Waals surface area contributed by atoms with Gasteiger partial charge in [-0.1, -0.05) is 18.2 Å². The Balaban J connectivity index is 1.40. The van der Waals surface area contributed by atoms with E-state index in [0.717, 1.165) is 29.8 Å². The highest BCUT2D eigenvalue weighted by Gasteiger charge is 2.38. The molecule has 2 unspecified atom stereocenters. The number of ether oxygens (including phenoxy) is 1. The molecule has 2 aliphatic rings. The topological polar surface area (TPSA) is 94.8 Å². The van der Waals surface area contributed by atoms with Crippen LogP contribution in [-0.2, 0) is 6.54 Å². The highest BCUT2D eigenvalue weighted by molar-refractivity contribution is 6.06. The van der Waals surface area contributed by atoms with Crippen molar-refractivity contribution in [2.45, 2.75) is 19.9 Å². The minimum absolute atomic E-state index is 0.276. The summed E-state index contributed by atoms with van der Waals surface area (Å²) in [5.41, 5.74) is 3.93. The number of carbonyl (C=O) groups excluding carboxylic acids is 1. The van der Waals surface area contributed by atoms with Gasteiger partial charge >= 0.3 is 0 Å². The van der Waals surface area contributed by atoms with Crippen LogP contribution < -0.4 is 10.1 Å². The van der Waals surface area contributed by atoms with Crippen LogP contribution >= 0.6 is 0 Å². The first-order chi connectivity index (χ1) is 16.1. The van der Waals surface area contributed by atoms with Gasteiger partial charge in [0.25, 0.3) is 5.91 Å². The third-order valence-electron chi connectivity index (χ3n) is 6.26. The summed E-state index contributed by atoms with van der Waals surface area (Å²) < 4.78 is 8.18. The molecule has 1 fully saturated rings. The average molecular weight is 438 g/mol. The Morgan fingerprint density at radius 3 is 2.88 bits per heavy atom. The number of aryl methyl sites for hydroxylation is 1. The van der Waals surface area contributed by atoms with E-state index >= 15 is 0 Å². The molecule has 4 aromatic rings. The van der Waals surface area contributed by atoms with Gasteiger partial charge in [0.05, 0.1) is 12.2 Å². The lowest BCUT2D eigenvalue weighted by Gasteiger charge is -2.15. The molecular weight excluding hydrogens is 416 g/mol. The van der Waals surface area contributed by atoms with Gasteiger partial charge in [-0.3, -0.25) is 9.78 Å². The zero-order chi connectivity index (χ0) is 22.4. The fourth-order valence-corrected chi connectivity index (χ4v) is 4.24. The van der Waals surface area contributed by atoms with Gasteiger partial charge in [-0.2, -0.15) is 0 Å². The SMILES string of the molecule is Cc1ccc(-c2ccc3c(c2)C(=O)Nc2cccc(n2)-c2nncn2CC2CC2CO3)cn1. The van der Waals surface area contributed by atoms with Crippen LogP contribution in [0.3, 0.4) is 0 Å². The van der Waals surface area contributed by atoms with E-state index in [1.165, 1.54) is 0 Å². The van der Waals surface area contributed by atoms with Crippen molar-refractivity contribution < 1.29 is 9.53 Å². The number of hydrogen-bond donors (Lipinski definition) is 1. The minimum Gasteiger partial charge on any atom is -0.492 e. The van der Waals surface area contributed by atoms with Crippen molar-refractivity contribution >= 4 is 11.7 Å². The van der Waals surface area contributed by atoms with Crippen molar-refractivity contribution in [1.82, 2.24) is 24.7 Å². The number of hydrogen-bond acceptors (Lipinski definition) is 6. The normalized spacial score (nSPS) is 19.2. The van der Waals surface area contributed by atoms with Gasteiger partial charge in [0, 0.05) is 24.0 Å². The van der Waals surface area contributed by atoms with Crippen molar-refractivity contribution in [2.75, 3.05) is 11.9 Å². The molecule has 33 heavy (non-hydrogen) atoms. The molecule has 1 aromatic carbocycles. The van der Waals surface area contributed by atoms with Crippen LogP contribution in [0.4, 0.5) is 5.82 Å². The Morgan fingerprint density at radius 2 is 2.00 bits per heavy atom. The summed E-state index contributed by atoms with van der Waals surface area (Å²) in [6.45, 7) is 3.33. The lowest BCUT2D eigenvalue weighted by atomic mass is 10.0. The number of amides is 1. The van der Waals surface area contributed by atoms with Crippen LogP contribution in [0, 0.1) is 18.8 Å². The van der Waals surface area contributed by atoms with Crippen molar-refractivity contribution in [3.8, 4) is 28.4 Å². The van der Waals surface area contributed by atoms with Crippen LogP contribution in [0.15, 0.2) is 61.1 Å². The van der Waals surface area contributed by atoms with Gasteiger partial charge < -0.3 is 14.6 Å². The van der Waals surface area contributed by atoms with Crippen LogP contribution in [0.25, 0.3) is 22.6 Å². The van der Waals surface area contributed by atoms with Crippen LogP contribution in [0.2, 0.25) is 0 Å². The summed E-state index contributed by atoms with van der Waals surface area (Å²) in [6.07, 6.45) is 4.62. The molecule has 3 aromatic heterocycles. The zero-order valence-corrected chi connectivity index (χ0v) is 18.1. The quantitative estimate of drug-likeness (QED) is 0.483. The van der Waals surface area contributed by atoms with E-state index in [1.807, 2.05) is 60.2 Å². The maximum atomic E-state index is 13.3. The Bertz CT molecular complexity index is 1350. The third-order valence-corrected chi connectivity index (χ3v) is 6.26. The molecule has 6 rings (SSSR count). The largest absolute Gasteiger partial charge is 0.492 e. The van der Waals surface area contributed by atoms with E-state index in [1.54, 1.807) is 12.4 Å². The Hall–Kier alpha value is -4.07. The van der Waals surface area contributed by atoms with Crippen LogP contribution in [-0.4, -0.2) is 37.2 Å². The summed E-state index contributed by atoms with van der Waals surface area (Å²) in [6, 6.07) is 15.2. The smallest absolute Gasteiger partial charge is 0.260 e. The highest BCUT2D eigenvalue weighted by Crippen LogP contribution is 2.41. The predicted octanol–water partition coefficient (Wildman–Crippen LogP) is 3.99. The maximum absolute atomic E-state index is 13.3. The summed E-state index contributed by atoms with van der Waals surface area (Å²) in [5, 5.41) is 11.3. The molecule has 8 heteroatoms. The molecule has 2 bridgehead atoms. The van der Waals surface area contributed by atoms with Gasteiger partial charge in [-0.05, 0) is 61.1 Å².